The van der Waals surface area contributed by atoms with Crippen LogP contribution >= 0.6 is 0 Å². The molecule has 40 heavy (non-hydrogen) atoms. The number of aliphatic hydroxyl groups excluding tert-OH is 2. The van der Waals surface area contributed by atoms with Crippen molar-refractivity contribution in [1.82, 2.24) is 10.2 Å². The molecule has 9 heteroatoms. The summed E-state index contributed by atoms with van der Waals surface area (Å²) in [5.41, 5.74) is 5.29. The summed E-state index contributed by atoms with van der Waals surface area (Å²) in [5, 5.41) is 25.4. The van der Waals surface area contributed by atoms with E-state index in [1.54, 1.807) is 20.8 Å². The van der Waals surface area contributed by atoms with E-state index >= 15 is 0 Å². The van der Waals surface area contributed by atoms with Crippen LogP contribution < -0.4 is 11.1 Å². The first-order valence-corrected chi connectivity index (χ1v) is 15.5. The fourth-order valence-electron chi connectivity index (χ4n) is 5.34. The lowest BCUT2D eigenvalue weighted by Gasteiger charge is -2.40. The van der Waals surface area contributed by atoms with E-state index in [1.807, 2.05) is 41.5 Å². The van der Waals surface area contributed by atoms with Crippen LogP contribution in [0.1, 0.15) is 120 Å². The Morgan fingerprint density at radius 1 is 0.975 bits per heavy atom. The van der Waals surface area contributed by atoms with Gasteiger partial charge < -0.3 is 26.0 Å². The van der Waals surface area contributed by atoms with Gasteiger partial charge in [-0.3, -0.25) is 9.59 Å². The molecule has 0 bridgehead atoms. The maximum atomic E-state index is 14.4. The van der Waals surface area contributed by atoms with Gasteiger partial charge in [-0.2, -0.15) is 0 Å². The second kappa shape index (κ2) is 16.7. The molecule has 0 spiro atoms. The Hall–Kier alpha value is -1.71. The molecule has 1 aliphatic rings. The Bertz CT molecular complexity index is 792. The molecule has 5 N–H and O–H groups in total. The zero-order chi connectivity index (χ0) is 30.8. The Morgan fingerprint density at radius 3 is 2.00 bits per heavy atom. The molecular weight excluding hydrogens is 510 g/mol. The van der Waals surface area contributed by atoms with Gasteiger partial charge in [-0.25, -0.2) is 9.69 Å². The summed E-state index contributed by atoms with van der Waals surface area (Å²) in [7, 11) is 0. The van der Waals surface area contributed by atoms with Crippen LogP contribution in [0.5, 0.6) is 0 Å². The topological polar surface area (TPSA) is 142 Å². The summed E-state index contributed by atoms with van der Waals surface area (Å²) >= 11 is 0. The molecule has 1 saturated carbocycles. The third-order valence-corrected chi connectivity index (χ3v) is 8.30. The third-order valence-electron chi connectivity index (χ3n) is 8.30. The molecule has 0 unspecified atom stereocenters. The van der Waals surface area contributed by atoms with Crippen LogP contribution in [0.4, 0.5) is 4.79 Å². The van der Waals surface area contributed by atoms with E-state index in [4.69, 9.17) is 10.5 Å². The first-order valence-electron chi connectivity index (χ1n) is 15.5. The molecular formula is C31H59N3O6. The van der Waals surface area contributed by atoms with Gasteiger partial charge in [0.15, 0.2) is 0 Å². The number of rotatable bonds is 14. The van der Waals surface area contributed by atoms with Crippen LogP contribution in [0.15, 0.2) is 0 Å². The van der Waals surface area contributed by atoms with Gasteiger partial charge >= 0.3 is 6.09 Å². The fourth-order valence-corrected chi connectivity index (χ4v) is 5.34. The summed E-state index contributed by atoms with van der Waals surface area (Å²) < 4.78 is 5.71. The zero-order valence-electron chi connectivity index (χ0n) is 26.6. The average Bonchev–Trinajstić information content (AvgIpc) is 2.88. The van der Waals surface area contributed by atoms with Crippen molar-refractivity contribution in [3.8, 4) is 0 Å². The van der Waals surface area contributed by atoms with Crippen LogP contribution in [-0.2, 0) is 14.3 Å². The highest BCUT2D eigenvalue weighted by atomic mass is 16.6. The van der Waals surface area contributed by atoms with Gasteiger partial charge in [0.25, 0.3) is 5.91 Å². The standard InChI is InChI=1S/C31H59N3O6/c1-10-20(5)25(32)28(37)33-26(21(6)11-2)29(38)34(30(39)40-31(7,8)9)23(18-22-15-13-12-14-16-22)27(36)24(35)17-19(3)4/h19-27,35-36H,10-18,32H2,1-9H3,(H,33,37)/t20-,21-,23-,24-,25-,26-,27+/m0/s1. The number of carbonyl (C=O) groups excluding carboxylic acids is 3. The molecule has 7 atom stereocenters. The van der Waals surface area contributed by atoms with E-state index in [-0.39, 0.29) is 23.7 Å². The largest absolute Gasteiger partial charge is 0.443 e. The second-order valence-electron chi connectivity index (χ2n) is 13.5. The molecule has 0 radical (unpaired) electrons. The number of nitrogens with one attached hydrogen (secondary N) is 1. The second-order valence-corrected chi connectivity index (χ2v) is 13.5. The Labute approximate surface area is 243 Å². The molecule has 0 saturated heterocycles. The number of amides is 3. The molecule has 0 aliphatic heterocycles. The van der Waals surface area contributed by atoms with Crippen molar-refractivity contribution in [2.45, 2.75) is 156 Å². The smallest absolute Gasteiger partial charge is 0.417 e. The molecule has 9 nitrogen and oxygen atoms in total. The Kier molecular flexibility index (Phi) is 15.1. The number of ether oxygens (including phenoxy) is 1. The lowest BCUT2D eigenvalue weighted by molar-refractivity contribution is -0.144. The molecule has 0 aromatic heterocycles. The average molecular weight is 570 g/mol. The van der Waals surface area contributed by atoms with E-state index in [0.717, 1.165) is 37.0 Å². The lowest BCUT2D eigenvalue weighted by Crippen LogP contribution is -2.62. The van der Waals surface area contributed by atoms with Gasteiger partial charge in [0.2, 0.25) is 5.91 Å². The van der Waals surface area contributed by atoms with E-state index in [2.05, 4.69) is 5.32 Å². The minimum Gasteiger partial charge on any atom is -0.443 e. The fraction of sp³-hybridized carbons (Fsp3) is 0.903. The van der Waals surface area contributed by atoms with Crippen LogP contribution in [0, 0.1) is 23.7 Å². The normalized spacial score (nSPS) is 20.1. The zero-order valence-corrected chi connectivity index (χ0v) is 26.6. The number of carbonyl (C=O) groups is 3. The number of aliphatic hydroxyl groups is 2. The predicted molar refractivity (Wildman–Crippen MR) is 158 cm³/mol. The third kappa shape index (κ3) is 11.3. The van der Waals surface area contributed by atoms with Crippen molar-refractivity contribution in [1.29, 1.82) is 0 Å². The molecule has 234 valence electrons. The molecule has 0 heterocycles. The maximum absolute atomic E-state index is 14.4. The van der Waals surface area contributed by atoms with Gasteiger partial charge in [-0.05, 0) is 57.3 Å². The highest BCUT2D eigenvalue weighted by molar-refractivity contribution is 5.98. The van der Waals surface area contributed by atoms with Crippen LogP contribution in [0.25, 0.3) is 0 Å². The summed E-state index contributed by atoms with van der Waals surface area (Å²) in [5.74, 6) is -1.24. The van der Waals surface area contributed by atoms with Crippen LogP contribution in [0.2, 0.25) is 0 Å². The summed E-state index contributed by atoms with van der Waals surface area (Å²) in [6, 6.07) is -2.87. The van der Waals surface area contributed by atoms with Gasteiger partial charge in [0.05, 0.1) is 18.2 Å². The molecule has 0 aromatic rings. The minimum atomic E-state index is -1.36. The van der Waals surface area contributed by atoms with Gasteiger partial charge in [0.1, 0.15) is 17.7 Å². The molecule has 3 amide bonds. The van der Waals surface area contributed by atoms with E-state index < -0.39 is 53.8 Å². The highest BCUT2D eigenvalue weighted by Gasteiger charge is 2.44. The van der Waals surface area contributed by atoms with Crippen molar-refractivity contribution in [2.24, 2.45) is 29.4 Å². The number of nitrogens with two attached hydrogens (primary N) is 1. The van der Waals surface area contributed by atoms with Crippen molar-refractivity contribution in [3.05, 3.63) is 0 Å². The predicted octanol–water partition coefficient (Wildman–Crippen LogP) is 4.76. The number of imide groups is 1. The minimum absolute atomic E-state index is 0.0957. The van der Waals surface area contributed by atoms with Crippen molar-refractivity contribution in [3.63, 3.8) is 0 Å². The quantitative estimate of drug-likeness (QED) is 0.236. The van der Waals surface area contributed by atoms with Crippen LogP contribution in [-0.4, -0.2) is 69.0 Å². The summed E-state index contributed by atoms with van der Waals surface area (Å²) in [4.78, 5) is 42.3. The maximum Gasteiger partial charge on any atom is 0.417 e. The molecule has 1 rings (SSSR count). The summed E-state index contributed by atoms with van der Waals surface area (Å²) in [6.07, 6.45) is 3.61. The first-order chi connectivity index (χ1) is 18.5. The van der Waals surface area contributed by atoms with Crippen molar-refractivity contribution >= 4 is 17.9 Å². The van der Waals surface area contributed by atoms with Gasteiger partial charge in [-0.1, -0.05) is 86.5 Å². The highest BCUT2D eigenvalue weighted by Crippen LogP contribution is 2.32. The summed E-state index contributed by atoms with van der Waals surface area (Å²) in [6.45, 7) is 16.6. The molecule has 1 aliphatic carbocycles. The molecule has 0 aromatic carbocycles. The number of nitrogens with zero attached hydrogens (tertiary/aromatic N) is 1. The van der Waals surface area contributed by atoms with E-state index in [9.17, 15) is 24.6 Å². The van der Waals surface area contributed by atoms with Gasteiger partial charge in [-0.15, -0.1) is 0 Å². The van der Waals surface area contributed by atoms with Crippen LogP contribution in [0.3, 0.4) is 0 Å². The Balaban J connectivity index is 3.60. The lowest BCUT2D eigenvalue weighted by atomic mass is 9.81. The number of hydrogen-bond acceptors (Lipinski definition) is 7. The van der Waals surface area contributed by atoms with E-state index in [1.165, 1.54) is 0 Å². The van der Waals surface area contributed by atoms with Gasteiger partial charge in [0, 0.05) is 0 Å². The van der Waals surface area contributed by atoms with Crippen molar-refractivity contribution in [2.75, 3.05) is 0 Å². The molecule has 1 fully saturated rings. The van der Waals surface area contributed by atoms with Crippen molar-refractivity contribution < 1.29 is 29.3 Å². The first kappa shape index (κ1) is 36.3. The Morgan fingerprint density at radius 2 is 1.52 bits per heavy atom. The monoisotopic (exact) mass is 569 g/mol. The SMILES string of the molecule is CC[C@H](C)[C@H](N)C(=O)N[C@H](C(=O)N(C(=O)OC(C)(C)C)[C@@H](CC1CCCCC1)[C@@H](O)[C@@H](O)CC(C)C)[C@@H](C)CC. The van der Waals surface area contributed by atoms with E-state index in [0.29, 0.717) is 25.7 Å². The number of hydrogen-bond donors (Lipinski definition) is 4.